The number of rotatable bonds is 13. The third-order valence-corrected chi connectivity index (χ3v) is 9.49. The number of nitrogens with zero attached hydrogens (tertiary/aromatic N) is 3. The van der Waals surface area contributed by atoms with Gasteiger partial charge in [-0.2, -0.15) is 5.10 Å². The zero-order valence-corrected chi connectivity index (χ0v) is 25.1. The van der Waals surface area contributed by atoms with E-state index in [9.17, 15) is 17.5 Å². The third-order valence-electron chi connectivity index (χ3n) is 5.48. The molecule has 210 valence electrons. The Morgan fingerprint density at radius 2 is 1.79 bits per heavy atom. The van der Waals surface area contributed by atoms with Crippen LogP contribution in [-0.4, -0.2) is 43.7 Å². The number of aromatic nitrogens is 2. The second kappa shape index (κ2) is 13.0. The van der Waals surface area contributed by atoms with Crippen molar-refractivity contribution in [1.29, 1.82) is 0 Å². The lowest BCUT2D eigenvalue weighted by Crippen LogP contribution is -2.45. The number of hydrogen-bond acceptors (Lipinski definition) is 9. The first-order chi connectivity index (χ1) is 18.4. The normalized spacial score (nSPS) is 11.6. The van der Waals surface area contributed by atoms with Gasteiger partial charge in [-0.3, -0.25) is 0 Å². The molecule has 0 atom stereocenters. The van der Waals surface area contributed by atoms with Gasteiger partial charge in [-0.25, -0.2) is 21.9 Å². The number of para-hydroxylation sites is 1. The van der Waals surface area contributed by atoms with Gasteiger partial charge in [-0.15, -0.1) is 5.10 Å². The molecular weight excluding hydrogens is 586 g/mol. The highest BCUT2D eigenvalue weighted by molar-refractivity contribution is 7.93. The summed E-state index contributed by atoms with van der Waals surface area (Å²) in [5.74, 6) is 0.484. The standard InChI is InChI=1S/C25H29Cl2N4O6PS/c1-5-11-37-21-8-6-7-9-22(21)39(34,35)31(25(3,4)38(32)33)18-13-17(2)14-19(15-18)36-12-10-28-20-16-29-30-24(27)23(20)26/h6-9,13-16H,5,10-12H2,1-4H3,(H,28,30). The third kappa shape index (κ3) is 7.22. The molecule has 0 aliphatic heterocycles. The maximum absolute atomic E-state index is 14.1. The monoisotopic (exact) mass is 614 g/mol. The Bertz CT molecular complexity index is 1490. The second-order valence-corrected chi connectivity index (χ2v) is 13.1. The number of nitrogens with one attached hydrogen (secondary N) is 1. The summed E-state index contributed by atoms with van der Waals surface area (Å²) in [7, 11) is -7.63. The van der Waals surface area contributed by atoms with Gasteiger partial charge < -0.3 is 14.8 Å². The number of hydrogen-bond donors (Lipinski definition) is 1. The Balaban J connectivity index is 1.96. The van der Waals surface area contributed by atoms with E-state index in [0.29, 0.717) is 36.6 Å². The van der Waals surface area contributed by atoms with E-state index in [2.05, 4.69) is 15.5 Å². The largest absolute Gasteiger partial charge is 0.492 e. The quantitative estimate of drug-likeness (QED) is 0.170. The van der Waals surface area contributed by atoms with E-state index in [1.54, 1.807) is 37.3 Å². The molecule has 1 N–H and O–H groups in total. The Hall–Kier alpha value is -2.85. The van der Waals surface area contributed by atoms with E-state index < -0.39 is 23.0 Å². The molecule has 3 rings (SSSR count). The van der Waals surface area contributed by atoms with Gasteiger partial charge in [-0.1, -0.05) is 42.3 Å². The Labute approximate surface area is 238 Å². The molecule has 39 heavy (non-hydrogen) atoms. The van der Waals surface area contributed by atoms with Gasteiger partial charge >= 0.3 is 7.68 Å². The van der Waals surface area contributed by atoms with Crippen molar-refractivity contribution in [3.63, 3.8) is 0 Å². The summed E-state index contributed by atoms with van der Waals surface area (Å²) in [4.78, 5) is -0.141. The number of benzene rings is 2. The van der Waals surface area contributed by atoms with Crippen molar-refractivity contribution in [3.8, 4) is 11.5 Å². The first kappa shape index (κ1) is 30.7. The molecule has 2 aromatic carbocycles. The van der Waals surface area contributed by atoms with Gasteiger partial charge in [0, 0.05) is 12.6 Å². The van der Waals surface area contributed by atoms with Crippen molar-refractivity contribution >= 4 is 52.3 Å². The molecule has 10 nitrogen and oxygen atoms in total. The molecule has 0 aliphatic rings. The van der Waals surface area contributed by atoms with Crippen molar-refractivity contribution in [2.45, 2.75) is 44.3 Å². The minimum atomic E-state index is -4.40. The summed E-state index contributed by atoms with van der Waals surface area (Å²) in [6.45, 7) is 7.09. The van der Waals surface area contributed by atoms with E-state index in [0.717, 1.165) is 4.31 Å². The maximum Gasteiger partial charge on any atom is 0.342 e. The fourth-order valence-electron chi connectivity index (χ4n) is 3.67. The molecule has 1 heterocycles. The van der Waals surface area contributed by atoms with Crippen molar-refractivity contribution in [1.82, 2.24) is 10.2 Å². The van der Waals surface area contributed by atoms with Crippen LogP contribution in [0.2, 0.25) is 10.2 Å². The molecule has 0 unspecified atom stereocenters. The predicted octanol–water partition coefficient (Wildman–Crippen LogP) is 6.48. The highest BCUT2D eigenvalue weighted by Gasteiger charge is 2.43. The average Bonchev–Trinajstić information content (AvgIpc) is 2.87. The summed E-state index contributed by atoms with van der Waals surface area (Å²) < 4.78 is 65.3. The van der Waals surface area contributed by atoms with Crippen LogP contribution in [0, 0.1) is 6.92 Å². The zero-order valence-electron chi connectivity index (χ0n) is 21.8. The van der Waals surface area contributed by atoms with Crippen LogP contribution >= 0.6 is 30.9 Å². The minimum Gasteiger partial charge on any atom is -0.492 e. The smallest absolute Gasteiger partial charge is 0.342 e. The van der Waals surface area contributed by atoms with Gasteiger partial charge in [0.05, 0.1) is 24.2 Å². The van der Waals surface area contributed by atoms with E-state index in [4.69, 9.17) is 32.7 Å². The van der Waals surface area contributed by atoms with E-state index in [1.165, 1.54) is 32.2 Å². The van der Waals surface area contributed by atoms with E-state index in [1.807, 2.05) is 6.92 Å². The summed E-state index contributed by atoms with van der Waals surface area (Å²) in [6.07, 6.45) is 2.09. The van der Waals surface area contributed by atoms with Crippen molar-refractivity contribution in [2.24, 2.45) is 0 Å². The molecule has 0 spiro atoms. The van der Waals surface area contributed by atoms with Crippen LogP contribution in [0.5, 0.6) is 11.5 Å². The van der Waals surface area contributed by atoms with Crippen LogP contribution in [0.4, 0.5) is 11.4 Å². The van der Waals surface area contributed by atoms with Crippen molar-refractivity contribution in [2.75, 3.05) is 29.4 Å². The average molecular weight is 615 g/mol. The Morgan fingerprint density at radius 3 is 2.49 bits per heavy atom. The molecule has 3 aromatic rings. The van der Waals surface area contributed by atoms with Gasteiger partial charge in [0.2, 0.25) is 0 Å². The van der Waals surface area contributed by atoms with Crippen LogP contribution in [0.15, 0.2) is 53.6 Å². The molecule has 0 bridgehead atoms. The van der Waals surface area contributed by atoms with Gasteiger partial charge in [0.25, 0.3) is 10.0 Å². The number of sulfonamides is 1. The highest BCUT2D eigenvalue weighted by Crippen LogP contribution is 2.43. The summed E-state index contributed by atoms with van der Waals surface area (Å²) in [5.41, 5.74) is 1.27. The van der Waals surface area contributed by atoms with E-state index >= 15 is 0 Å². The number of halogens is 2. The lowest BCUT2D eigenvalue weighted by atomic mass is 10.2. The zero-order chi connectivity index (χ0) is 28.8. The SMILES string of the molecule is CCCOc1ccccc1S(=O)(=O)N(c1cc(C)cc(OCCNc2cnnc(Cl)c2Cl)c1)C(C)(C)P(=O)=O. The number of anilines is 2. The van der Waals surface area contributed by atoms with Crippen LogP contribution < -0.4 is 19.1 Å². The molecule has 0 saturated carbocycles. The fraction of sp³-hybridized carbons (Fsp3) is 0.360. The van der Waals surface area contributed by atoms with Crippen molar-refractivity contribution < 1.29 is 27.0 Å². The van der Waals surface area contributed by atoms with Crippen LogP contribution in [0.1, 0.15) is 32.8 Å². The molecular formula is C25H29Cl2N4O6PS. The van der Waals surface area contributed by atoms with Gasteiger partial charge in [0.15, 0.2) is 10.4 Å². The maximum atomic E-state index is 14.1. The molecule has 14 heteroatoms. The molecule has 0 radical (unpaired) electrons. The summed E-state index contributed by atoms with van der Waals surface area (Å²) >= 11 is 12.0. The number of aryl methyl sites for hydroxylation is 1. The molecule has 0 amide bonds. The summed E-state index contributed by atoms with van der Waals surface area (Å²) in [6, 6.07) is 10.9. The highest BCUT2D eigenvalue weighted by atomic mass is 35.5. The summed E-state index contributed by atoms with van der Waals surface area (Å²) in [5, 5.41) is 8.90. The fourth-order valence-corrected chi connectivity index (χ4v) is 6.56. The topological polar surface area (TPSA) is 128 Å². The molecule has 0 fully saturated rings. The van der Waals surface area contributed by atoms with Gasteiger partial charge in [-0.05, 0) is 57.0 Å². The first-order valence-electron chi connectivity index (χ1n) is 12.0. The minimum absolute atomic E-state index is 0.0631. The van der Waals surface area contributed by atoms with Gasteiger partial charge in [0.1, 0.15) is 28.0 Å². The second-order valence-electron chi connectivity index (χ2n) is 8.96. The van der Waals surface area contributed by atoms with Crippen LogP contribution in [-0.2, 0) is 19.2 Å². The lowest BCUT2D eigenvalue weighted by molar-refractivity contribution is 0.309. The molecule has 0 saturated heterocycles. The molecule has 0 aliphatic carbocycles. The first-order valence-corrected chi connectivity index (χ1v) is 15.3. The van der Waals surface area contributed by atoms with Crippen LogP contribution in [0.25, 0.3) is 0 Å². The van der Waals surface area contributed by atoms with Crippen molar-refractivity contribution in [3.05, 3.63) is 64.4 Å². The lowest BCUT2D eigenvalue weighted by Gasteiger charge is -2.34. The Morgan fingerprint density at radius 1 is 1.08 bits per heavy atom. The number of ether oxygens (including phenoxy) is 2. The van der Waals surface area contributed by atoms with Crippen LogP contribution in [0.3, 0.4) is 0 Å². The van der Waals surface area contributed by atoms with E-state index in [-0.39, 0.29) is 33.1 Å². The predicted molar refractivity (Wildman–Crippen MR) is 151 cm³/mol. The Kier molecular flexibility index (Phi) is 10.2. The molecule has 1 aromatic heterocycles.